The first-order valence-electron chi connectivity index (χ1n) is 6.41. The van der Waals surface area contributed by atoms with Gasteiger partial charge in [0.15, 0.2) is 0 Å². The fraction of sp³-hybridized carbons (Fsp3) is 0.429. The van der Waals surface area contributed by atoms with E-state index < -0.39 is 0 Å². The number of amides is 1. The van der Waals surface area contributed by atoms with Crippen molar-refractivity contribution in [2.45, 2.75) is 20.8 Å². The molecule has 19 heavy (non-hydrogen) atoms. The molecule has 0 unspecified atom stereocenters. The highest BCUT2D eigenvalue weighted by Gasteiger charge is 2.08. The van der Waals surface area contributed by atoms with Gasteiger partial charge in [-0.15, -0.1) is 0 Å². The van der Waals surface area contributed by atoms with E-state index in [0.717, 1.165) is 16.1 Å². The average Bonchev–Trinajstić information content (AvgIpc) is 2.37. The Morgan fingerprint density at radius 1 is 1.47 bits per heavy atom. The van der Waals surface area contributed by atoms with E-state index in [2.05, 4.69) is 10.6 Å². The van der Waals surface area contributed by atoms with Crippen LogP contribution >= 0.6 is 0 Å². The van der Waals surface area contributed by atoms with Crippen LogP contribution in [0.2, 0.25) is 0 Å². The SMILES string of the molecule is Cc1c(NCCNC(=O)/C=C/C(C)C)ccc[n+]1O. The standard InChI is InChI=1S/C14H21N3O2/c1-11(2)6-7-14(18)16-9-8-15-13-5-4-10-17(19)12(13)3/h4-7,10-11,15H,8-9H2,1-3H3,(H-,16,18,19)/p+1/b7-6+. The Morgan fingerprint density at radius 3 is 2.89 bits per heavy atom. The molecule has 0 aliphatic carbocycles. The number of carbonyl (C=O) groups is 1. The molecule has 104 valence electrons. The van der Waals surface area contributed by atoms with Crippen molar-refractivity contribution >= 4 is 11.6 Å². The predicted octanol–water partition coefficient (Wildman–Crippen LogP) is 1.26. The first-order valence-corrected chi connectivity index (χ1v) is 6.41. The van der Waals surface area contributed by atoms with Crippen LogP contribution in [-0.2, 0) is 4.79 Å². The van der Waals surface area contributed by atoms with Crippen molar-refractivity contribution in [3.8, 4) is 0 Å². The van der Waals surface area contributed by atoms with Gasteiger partial charge < -0.3 is 10.6 Å². The highest BCUT2D eigenvalue weighted by Crippen LogP contribution is 2.07. The number of anilines is 1. The van der Waals surface area contributed by atoms with Crippen LogP contribution in [0.15, 0.2) is 30.5 Å². The fourth-order valence-electron chi connectivity index (χ4n) is 1.49. The maximum Gasteiger partial charge on any atom is 0.253 e. The molecule has 5 heteroatoms. The minimum Gasteiger partial charge on any atom is -0.378 e. The van der Waals surface area contributed by atoms with Gasteiger partial charge in [0.1, 0.15) is 5.69 Å². The Kier molecular flexibility index (Phi) is 5.85. The molecule has 5 nitrogen and oxygen atoms in total. The topological polar surface area (TPSA) is 65.2 Å². The van der Waals surface area contributed by atoms with Crippen LogP contribution in [0.3, 0.4) is 0 Å². The summed E-state index contributed by atoms with van der Waals surface area (Å²) in [5.74, 6) is 0.286. The van der Waals surface area contributed by atoms with Crippen molar-refractivity contribution in [1.82, 2.24) is 5.32 Å². The van der Waals surface area contributed by atoms with E-state index in [1.54, 1.807) is 18.3 Å². The molecule has 0 saturated carbocycles. The van der Waals surface area contributed by atoms with Gasteiger partial charge in [0.05, 0.1) is 0 Å². The van der Waals surface area contributed by atoms with Crippen LogP contribution in [-0.4, -0.2) is 24.2 Å². The number of pyridine rings is 1. The lowest BCUT2D eigenvalue weighted by Crippen LogP contribution is -2.34. The van der Waals surface area contributed by atoms with E-state index >= 15 is 0 Å². The molecule has 1 aromatic rings. The molecular formula is C14H22N3O2+. The molecule has 0 bridgehead atoms. The van der Waals surface area contributed by atoms with Crippen molar-refractivity contribution in [2.24, 2.45) is 5.92 Å². The van der Waals surface area contributed by atoms with Crippen LogP contribution in [0, 0.1) is 12.8 Å². The molecule has 0 aliphatic heterocycles. The lowest BCUT2D eigenvalue weighted by molar-refractivity contribution is -0.908. The van der Waals surface area contributed by atoms with Gasteiger partial charge in [0, 0.05) is 30.8 Å². The van der Waals surface area contributed by atoms with Gasteiger partial charge >= 0.3 is 0 Å². The molecule has 1 heterocycles. The number of hydrogen-bond donors (Lipinski definition) is 3. The number of allylic oxidation sites excluding steroid dienone is 1. The van der Waals surface area contributed by atoms with Crippen molar-refractivity contribution in [1.29, 1.82) is 0 Å². The summed E-state index contributed by atoms with van der Waals surface area (Å²) in [4.78, 5) is 11.4. The Labute approximate surface area is 113 Å². The van der Waals surface area contributed by atoms with Gasteiger partial charge in [-0.05, 0) is 18.1 Å². The van der Waals surface area contributed by atoms with Gasteiger partial charge in [-0.25, -0.2) is 0 Å². The first kappa shape index (κ1) is 15.0. The summed E-state index contributed by atoms with van der Waals surface area (Å²) >= 11 is 0. The predicted molar refractivity (Wildman–Crippen MR) is 74.0 cm³/mol. The van der Waals surface area contributed by atoms with Crippen molar-refractivity contribution in [3.63, 3.8) is 0 Å². The maximum atomic E-state index is 11.4. The number of carbonyl (C=O) groups excluding carboxylic acids is 1. The second-order valence-electron chi connectivity index (χ2n) is 4.67. The zero-order valence-electron chi connectivity index (χ0n) is 11.7. The molecule has 0 fully saturated rings. The zero-order chi connectivity index (χ0) is 14.3. The minimum atomic E-state index is -0.0856. The third-order valence-electron chi connectivity index (χ3n) is 2.60. The molecule has 0 saturated heterocycles. The zero-order valence-corrected chi connectivity index (χ0v) is 11.7. The lowest BCUT2D eigenvalue weighted by Gasteiger charge is -2.06. The summed E-state index contributed by atoms with van der Waals surface area (Å²) in [7, 11) is 0. The fourth-order valence-corrected chi connectivity index (χ4v) is 1.49. The highest BCUT2D eigenvalue weighted by molar-refractivity contribution is 5.87. The quantitative estimate of drug-likeness (QED) is 0.314. The normalized spacial score (nSPS) is 10.9. The highest BCUT2D eigenvalue weighted by atomic mass is 16.5. The van der Waals surface area contributed by atoms with Crippen molar-refractivity contribution in [3.05, 3.63) is 36.2 Å². The van der Waals surface area contributed by atoms with Gasteiger partial charge in [-0.3, -0.25) is 10.0 Å². The molecule has 0 aliphatic rings. The maximum absolute atomic E-state index is 11.4. The van der Waals surface area contributed by atoms with E-state index in [9.17, 15) is 10.0 Å². The summed E-state index contributed by atoms with van der Waals surface area (Å²) in [6.07, 6.45) is 4.98. The van der Waals surface area contributed by atoms with Crippen molar-refractivity contribution in [2.75, 3.05) is 18.4 Å². The van der Waals surface area contributed by atoms with E-state index in [0.29, 0.717) is 19.0 Å². The Morgan fingerprint density at radius 2 is 2.21 bits per heavy atom. The molecule has 0 radical (unpaired) electrons. The summed E-state index contributed by atoms with van der Waals surface area (Å²) < 4.78 is 1.06. The molecular weight excluding hydrogens is 242 g/mol. The smallest absolute Gasteiger partial charge is 0.253 e. The lowest BCUT2D eigenvalue weighted by atomic mass is 10.2. The van der Waals surface area contributed by atoms with Crippen molar-refractivity contribution < 1.29 is 14.7 Å². The number of rotatable bonds is 6. The monoisotopic (exact) mass is 264 g/mol. The average molecular weight is 264 g/mol. The third-order valence-corrected chi connectivity index (χ3v) is 2.60. The Bertz CT molecular complexity index is 456. The van der Waals surface area contributed by atoms with Crippen LogP contribution < -0.4 is 15.4 Å². The van der Waals surface area contributed by atoms with Gasteiger partial charge in [0.25, 0.3) is 5.69 Å². The Hall–Kier alpha value is -2.04. The van der Waals surface area contributed by atoms with Crippen LogP contribution in [0.25, 0.3) is 0 Å². The van der Waals surface area contributed by atoms with E-state index in [4.69, 9.17) is 0 Å². The molecule has 0 atom stereocenters. The van der Waals surface area contributed by atoms with E-state index in [1.807, 2.05) is 32.9 Å². The molecule has 3 N–H and O–H groups in total. The Balaban J connectivity index is 2.31. The van der Waals surface area contributed by atoms with Crippen LogP contribution in [0.1, 0.15) is 19.5 Å². The second kappa shape index (κ2) is 7.41. The van der Waals surface area contributed by atoms with Crippen LogP contribution in [0.5, 0.6) is 0 Å². The van der Waals surface area contributed by atoms with Gasteiger partial charge in [-0.2, -0.15) is 0 Å². The molecule has 1 aromatic heterocycles. The summed E-state index contributed by atoms with van der Waals surface area (Å²) in [6, 6.07) is 3.63. The summed E-state index contributed by atoms with van der Waals surface area (Å²) in [5, 5.41) is 15.4. The summed E-state index contributed by atoms with van der Waals surface area (Å²) in [5.41, 5.74) is 1.57. The second-order valence-corrected chi connectivity index (χ2v) is 4.67. The van der Waals surface area contributed by atoms with Gasteiger partial charge in [0.2, 0.25) is 12.1 Å². The minimum absolute atomic E-state index is 0.0856. The first-order chi connectivity index (χ1) is 9.00. The molecule has 0 spiro atoms. The third kappa shape index (κ3) is 5.42. The number of hydrogen-bond acceptors (Lipinski definition) is 3. The summed E-state index contributed by atoms with van der Waals surface area (Å²) in [6.45, 7) is 6.99. The number of aromatic nitrogens is 1. The van der Waals surface area contributed by atoms with E-state index in [1.165, 1.54) is 0 Å². The van der Waals surface area contributed by atoms with Crippen LogP contribution in [0.4, 0.5) is 5.69 Å². The number of nitrogens with one attached hydrogen (secondary N) is 2. The molecule has 0 aromatic carbocycles. The molecule has 1 amide bonds. The largest absolute Gasteiger partial charge is 0.378 e. The number of nitrogens with zero attached hydrogens (tertiary/aromatic N) is 1. The van der Waals surface area contributed by atoms with Gasteiger partial charge in [-0.1, -0.05) is 19.9 Å². The molecule has 1 rings (SSSR count). The van der Waals surface area contributed by atoms with E-state index in [-0.39, 0.29) is 5.91 Å².